The molecule has 1 heterocycles. The van der Waals surface area contributed by atoms with Gasteiger partial charge in [0, 0.05) is 18.4 Å². The largest absolute Gasteiger partial charge is 0.341 e. The minimum absolute atomic E-state index is 0.289. The molecule has 0 bridgehead atoms. The van der Waals surface area contributed by atoms with Crippen molar-refractivity contribution >= 4 is 40.6 Å². The monoisotopic (exact) mass is 346 g/mol. The molecule has 0 radical (unpaired) electrons. The van der Waals surface area contributed by atoms with Gasteiger partial charge in [-0.2, -0.15) is 0 Å². The smallest absolute Gasteiger partial charge is 0.318 e. The number of anilines is 2. The van der Waals surface area contributed by atoms with Crippen LogP contribution in [0.15, 0.2) is 41.8 Å². The Balaban J connectivity index is 1.94. The quantitative estimate of drug-likeness (QED) is 0.668. The molecular weight excluding hydrogens is 328 g/mol. The first-order chi connectivity index (χ1) is 11.5. The van der Waals surface area contributed by atoms with Gasteiger partial charge in [-0.25, -0.2) is 4.79 Å². The lowest BCUT2D eigenvalue weighted by atomic mass is 10.2. The highest BCUT2D eigenvalue weighted by Gasteiger charge is 2.17. The van der Waals surface area contributed by atoms with Crippen LogP contribution in [0.5, 0.6) is 0 Å². The number of hydrogen-bond acceptors (Lipinski definition) is 4. The molecule has 24 heavy (non-hydrogen) atoms. The van der Waals surface area contributed by atoms with E-state index in [0.717, 1.165) is 0 Å². The third kappa shape index (κ3) is 4.82. The van der Waals surface area contributed by atoms with Gasteiger partial charge in [-0.3, -0.25) is 9.59 Å². The second-order valence-corrected chi connectivity index (χ2v) is 5.89. The van der Waals surface area contributed by atoms with Crippen LogP contribution in [0.25, 0.3) is 0 Å². The summed E-state index contributed by atoms with van der Waals surface area (Å²) < 4.78 is 0. The van der Waals surface area contributed by atoms with E-state index in [1.54, 1.807) is 48.7 Å². The highest BCUT2D eigenvalue weighted by molar-refractivity contribution is 7.12. The number of urea groups is 1. The lowest BCUT2D eigenvalue weighted by Crippen LogP contribution is -2.41. The predicted molar refractivity (Wildman–Crippen MR) is 94.4 cm³/mol. The maximum absolute atomic E-state index is 12.2. The van der Waals surface area contributed by atoms with Crippen molar-refractivity contribution in [1.29, 1.82) is 0 Å². The zero-order chi connectivity index (χ0) is 17.5. The van der Waals surface area contributed by atoms with E-state index in [-0.39, 0.29) is 17.8 Å². The van der Waals surface area contributed by atoms with Crippen LogP contribution < -0.4 is 21.3 Å². The third-order valence-corrected chi connectivity index (χ3v) is 3.97. The second-order valence-electron chi connectivity index (χ2n) is 4.95. The number of carbonyl (C=O) groups excluding carboxylic acids is 3. The number of benzene rings is 1. The summed E-state index contributed by atoms with van der Waals surface area (Å²) in [4.78, 5) is 36.0. The number of rotatable bonds is 5. The van der Waals surface area contributed by atoms with Crippen LogP contribution in [0.2, 0.25) is 0 Å². The van der Waals surface area contributed by atoms with E-state index >= 15 is 0 Å². The minimum Gasteiger partial charge on any atom is -0.341 e. The molecular formula is C16H18N4O3S. The molecule has 0 saturated heterocycles. The molecule has 126 valence electrons. The summed E-state index contributed by atoms with van der Waals surface area (Å²) in [6, 6.07) is 9.14. The Hall–Kier alpha value is -2.87. The van der Waals surface area contributed by atoms with E-state index in [1.807, 2.05) is 0 Å². The van der Waals surface area contributed by atoms with Crippen molar-refractivity contribution in [2.45, 2.75) is 13.0 Å². The zero-order valence-corrected chi connectivity index (χ0v) is 14.1. The van der Waals surface area contributed by atoms with Crippen molar-refractivity contribution in [3.8, 4) is 0 Å². The van der Waals surface area contributed by atoms with Gasteiger partial charge >= 0.3 is 6.03 Å². The van der Waals surface area contributed by atoms with Gasteiger partial charge < -0.3 is 21.3 Å². The summed E-state index contributed by atoms with van der Waals surface area (Å²) in [5.74, 6) is -0.639. The molecule has 0 aliphatic rings. The summed E-state index contributed by atoms with van der Waals surface area (Å²) in [7, 11) is 1.51. The molecule has 4 amide bonds. The number of hydrogen-bond donors (Lipinski definition) is 4. The SMILES string of the molecule is CNC(=O)Nc1cccc(NC(=O)C(C)NC(=O)c2cccs2)c1. The molecule has 0 aliphatic carbocycles. The maximum Gasteiger partial charge on any atom is 0.318 e. The summed E-state index contributed by atoms with van der Waals surface area (Å²) in [5, 5.41) is 12.2. The lowest BCUT2D eigenvalue weighted by Gasteiger charge is -2.14. The molecule has 1 atom stereocenters. The molecule has 4 N–H and O–H groups in total. The Labute approximate surface area is 143 Å². The van der Waals surface area contributed by atoms with Crippen LogP contribution in [0.1, 0.15) is 16.6 Å². The van der Waals surface area contributed by atoms with E-state index in [4.69, 9.17) is 0 Å². The van der Waals surface area contributed by atoms with Crippen LogP contribution in [0.3, 0.4) is 0 Å². The first-order valence-electron chi connectivity index (χ1n) is 7.23. The minimum atomic E-state index is -0.699. The van der Waals surface area contributed by atoms with Gasteiger partial charge in [0.15, 0.2) is 0 Å². The molecule has 2 rings (SSSR count). The van der Waals surface area contributed by atoms with Gasteiger partial charge in [0.1, 0.15) is 6.04 Å². The van der Waals surface area contributed by atoms with Gasteiger partial charge in [-0.15, -0.1) is 11.3 Å². The fraction of sp³-hybridized carbons (Fsp3) is 0.188. The Kier molecular flexibility index (Phi) is 5.91. The number of nitrogens with one attached hydrogen (secondary N) is 4. The van der Waals surface area contributed by atoms with Crippen molar-refractivity contribution in [2.24, 2.45) is 0 Å². The molecule has 1 aromatic carbocycles. The normalized spacial score (nSPS) is 11.2. The molecule has 1 aromatic heterocycles. The summed E-state index contributed by atoms with van der Waals surface area (Å²) in [6.45, 7) is 1.60. The van der Waals surface area contributed by atoms with Crippen LogP contribution in [-0.2, 0) is 4.79 Å². The highest BCUT2D eigenvalue weighted by atomic mass is 32.1. The van der Waals surface area contributed by atoms with Gasteiger partial charge in [0.25, 0.3) is 5.91 Å². The van der Waals surface area contributed by atoms with Gasteiger partial charge in [0.05, 0.1) is 4.88 Å². The Bertz CT molecular complexity index is 731. The predicted octanol–water partition coefficient (Wildman–Crippen LogP) is 2.26. The number of amides is 4. The van der Waals surface area contributed by atoms with Crippen molar-refractivity contribution < 1.29 is 14.4 Å². The van der Waals surface area contributed by atoms with E-state index in [1.165, 1.54) is 18.4 Å². The van der Waals surface area contributed by atoms with Gasteiger partial charge in [-0.1, -0.05) is 12.1 Å². The average Bonchev–Trinajstić information content (AvgIpc) is 3.09. The fourth-order valence-corrected chi connectivity index (χ4v) is 2.49. The molecule has 2 aromatic rings. The maximum atomic E-state index is 12.2. The number of thiophene rings is 1. The van der Waals surface area contributed by atoms with Gasteiger partial charge in [0.2, 0.25) is 5.91 Å². The van der Waals surface area contributed by atoms with E-state index in [9.17, 15) is 14.4 Å². The standard InChI is InChI=1S/C16H18N4O3S/c1-10(18-15(22)13-7-4-8-24-13)14(21)19-11-5-3-6-12(9-11)20-16(23)17-2/h3-10H,1-2H3,(H,18,22)(H,19,21)(H2,17,20,23). The van der Waals surface area contributed by atoms with Crippen LogP contribution in [0, 0.1) is 0 Å². The van der Waals surface area contributed by atoms with E-state index < -0.39 is 6.04 Å². The Morgan fingerprint density at radius 2 is 1.75 bits per heavy atom. The third-order valence-electron chi connectivity index (χ3n) is 3.10. The van der Waals surface area contributed by atoms with Crippen molar-refractivity contribution in [1.82, 2.24) is 10.6 Å². The van der Waals surface area contributed by atoms with Crippen LogP contribution in [-0.4, -0.2) is 30.9 Å². The lowest BCUT2D eigenvalue weighted by molar-refractivity contribution is -0.117. The first-order valence-corrected chi connectivity index (χ1v) is 8.11. The molecule has 0 fully saturated rings. The first kappa shape index (κ1) is 17.5. The summed E-state index contributed by atoms with van der Waals surface area (Å²) in [5.41, 5.74) is 1.06. The van der Waals surface area contributed by atoms with Crippen LogP contribution in [0.4, 0.5) is 16.2 Å². The fourth-order valence-electron chi connectivity index (χ4n) is 1.86. The van der Waals surface area contributed by atoms with Crippen LogP contribution >= 0.6 is 11.3 Å². The second kappa shape index (κ2) is 8.11. The molecule has 8 heteroatoms. The highest BCUT2D eigenvalue weighted by Crippen LogP contribution is 2.15. The van der Waals surface area contributed by atoms with Gasteiger partial charge in [-0.05, 0) is 36.6 Å². The Morgan fingerprint density at radius 3 is 2.38 bits per heavy atom. The summed E-state index contributed by atoms with van der Waals surface area (Å²) >= 11 is 1.31. The Morgan fingerprint density at radius 1 is 1.04 bits per heavy atom. The molecule has 7 nitrogen and oxygen atoms in total. The molecule has 0 aliphatic heterocycles. The van der Waals surface area contributed by atoms with Crippen molar-refractivity contribution in [3.05, 3.63) is 46.7 Å². The molecule has 1 unspecified atom stereocenters. The number of carbonyl (C=O) groups is 3. The topological polar surface area (TPSA) is 99.3 Å². The van der Waals surface area contributed by atoms with Crippen molar-refractivity contribution in [2.75, 3.05) is 17.7 Å². The average molecular weight is 346 g/mol. The van der Waals surface area contributed by atoms with Crippen molar-refractivity contribution in [3.63, 3.8) is 0 Å². The molecule has 0 saturated carbocycles. The summed E-state index contributed by atoms with van der Waals surface area (Å²) in [6.07, 6.45) is 0. The van der Waals surface area contributed by atoms with E-state index in [0.29, 0.717) is 16.3 Å². The van der Waals surface area contributed by atoms with E-state index in [2.05, 4.69) is 21.3 Å². The zero-order valence-electron chi connectivity index (χ0n) is 13.3. The molecule has 0 spiro atoms.